The third kappa shape index (κ3) is 3.32. The van der Waals surface area contributed by atoms with E-state index in [-0.39, 0.29) is 0 Å². The third-order valence-electron chi connectivity index (χ3n) is 5.62. The molecule has 2 aliphatic carbocycles. The summed E-state index contributed by atoms with van der Waals surface area (Å²) in [7, 11) is 1.83. The Morgan fingerprint density at radius 1 is 1.11 bits per heavy atom. The lowest BCUT2D eigenvalue weighted by atomic mass is 9.80. The van der Waals surface area contributed by atoms with Gasteiger partial charge in [0.05, 0.1) is 0 Å². The summed E-state index contributed by atoms with van der Waals surface area (Å²) in [5.41, 5.74) is 1.08. The summed E-state index contributed by atoms with van der Waals surface area (Å²) in [5.74, 6) is 0. The van der Waals surface area contributed by atoms with E-state index in [9.17, 15) is 0 Å². The predicted octanol–water partition coefficient (Wildman–Crippen LogP) is 2.41. The molecule has 3 heteroatoms. The minimum atomic E-state index is 0.466. The van der Waals surface area contributed by atoms with Crippen molar-refractivity contribution in [3.63, 3.8) is 0 Å². The highest BCUT2D eigenvalue weighted by Crippen LogP contribution is 2.49. The van der Waals surface area contributed by atoms with Crippen molar-refractivity contribution in [2.45, 2.75) is 56.9 Å². The van der Waals surface area contributed by atoms with Gasteiger partial charge in [-0.25, -0.2) is 0 Å². The van der Waals surface area contributed by atoms with Crippen molar-refractivity contribution in [1.29, 1.82) is 0 Å². The molecule has 3 rings (SSSR count). The smallest absolute Gasteiger partial charge is 0.0468 e. The quantitative estimate of drug-likeness (QED) is 0.827. The first-order valence-corrected chi connectivity index (χ1v) is 8.22. The highest BCUT2D eigenvalue weighted by molar-refractivity contribution is 5.01. The largest absolute Gasteiger partial charge is 0.385 e. The lowest BCUT2D eigenvalue weighted by Gasteiger charge is -2.47. The van der Waals surface area contributed by atoms with Gasteiger partial charge in [0.2, 0.25) is 0 Å². The van der Waals surface area contributed by atoms with Crippen LogP contribution in [0.2, 0.25) is 0 Å². The summed E-state index contributed by atoms with van der Waals surface area (Å²) in [4.78, 5) is 2.75. The molecule has 0 aromatic carbocycles. The van der Waals surface area contributed by atoms with E-state index in [0.717, 1.165) is 6.61 Å². The number of rotatable bonds is 5. The van der Waals surface area contributed by atoms with Crippen LogP contribution in [-0.2, 0) is 4.74 Å². The van der Waals surface area contributed by atoms with E-state index in [0.29, 0.717) is 11.0 Å². The minimum absolute atomic E-state index is 0.466. The van der Waals surface area contributed by atoms with Crippen LogP contribution in [-0.4, -0.2) is 50.3 Å². The minimum Gasteiger partial charge on any atom is -0.385 e. The van der Waals surface area contributed by atoms with Crippen molar-refractivity contribution in [2.24, 2.45) is 5.41 Å². The van der Waals surface area contributed by atoms with Crippen LogP contribution >= 0.6 is 0 Å². The normalized spacial score (nSPS) is 29.5. The number of hydrogen-bond donors (Lipinski definition) is 1. The predicted molar refractivity (Wildman–Crippen MR) is 78.4 cm³/mol. The Labute approximate surface area is 118 Å². The Kier molecular flexibility index (Phi) is 4.16. The highest BCUT2D eigenvalue weighted by atomic mass is 16.5. The van der Waals surface area contributed by atoms with Gasteiger partial charge in [-0.2, -0.15) is 0 Å². The average Bonchev–Trinajstić information content (AvgIpc) is 3.17. The van der Waals surface area contributed by atoms with Crippen LogP contribution in [0.3, 0.4) is 0 Å². The average molecular weight is 266 g/mol. The van der Waals surface area contributed by atoms with Gasteiger partial charge in [-0.3, -0.25) is 4.90 Å². The fourth-order valence-corrected chi connectivity index (χ4v) is 4.20. The Bertz CT molecular complexity index is 290. The van der Waals surface area contributed by atoms with Crippen molar-refractivity contribution < 1.29 is 4.74 Å². The zero-order valence-electron chi connectivity index (χ0n) is 12.5. The number of nitrogens with one attached hydrogen (secondary N) is 1. The van der Waals surface area contributed by atoms with Gasteiger partial charge in [0.15, 0.2) is 0 Å². The molecule has 0 bridgehead atoms. The molecule has 110 valence electrons. The standard InChI is InChI=1S/C16H30N2O/c1-19-12-9-15(7-8-15)13-18-11-10-17-16(14-18)5-3-2-4-6-16/h17H,2-14H2,1H3. The molecule has 1 saturated heterocycles. The Balaban J connectivity index is 1.53. The number of piperazine rings is 1. The fraction of sp³-hybridized carbons (Fsp3) is 1.00. The third-order valence-corrected chi connectivity index (χ3v) is 5.62. The van der Waals surface area contributed by atoms with E-state index in [1.807, 2.05) is 7.11 Å². The van der Waals surface area contributed by atoms with Crippen molar-refractivity contribution in [1.82, 2.24) is 10.2 Å². The zero-order chi connectivity index (χ0) is 13.2. The monoisotopic (exact) mass is 266 g/mol. The molecule has 3 nitrogen and oxygen atoms in total. The second-order valence-corrected chi connectivity index (χ2v) is 7.22. The number of nitrogens with zero attached hydrogens (tertiary/aromatic N) is 1. The zero-order valence-corrected chi connectivity index (χ0v) is 12.5. The highest BCUT2D eigenvalue weighted by Gasteiger charge is 2.45. The summed E-state index contributed by atoms with van der Waals surface area (Å²) < 4.78 is 5.29. The molecular weight excluding hydrogens is 236 g/mol. The first-order valence-electron chi connectivity index (χ1n) is 8.22. The number of methoxy groups -OCH3 is 1. The maximum atomic E-state index is 5.29. The van der Waals surface area contributed by atoms with E-state index in [1.54, 1.807) is 0 Å². The van der Waals surface area contributed by atoms with Crippen molar-refractivity contribution >= 4 is 0 Å². The molecular formula is C16H30N2O. The molecule has 3 aliphatic rings. The summed E-state index contributed by atoms with van der Waals surface area (Å²) in [6.07, 6.45) is 11.2. The van der Waals surface area contributed by atoms with Gasteiger partial charge in [-0.1, -0.05) is 19.3 Å². The molecule has 19 heavy (non-hydrogen) atoms. The summed E-state index contributed by atoms with van der Waals surface area (Å²) >= 11 is 0. The molecule has 1 aliphatic heterocycles. The molecule has 1 heterocycles. The molecule has 0 unspecified atom stereocenters. The van der Waals surface area contributed by atoms with E-state index in [4.69, 9.17) is 4.74 Å². The van der Waals surface area contributed by atoms with Crippen LogP contribution in [0, 0.1) is 5.41 Å². The van der Waals surface area contributed by atoms with Crippen LogP contribution in [0.4, 0.5) is 0 Å². The Morgan fingerprint density at radius 3 is 2.58 bits per heavy atom. The van der Waals surface area contributed by atoms with E-state index >= 15 is 0 Å². The first-order chi connectivity index (χ1) is 9.26. The van der Waals surface area contributed by atoms with Crippen LogP contribution in [0.25, 0.3) is 0 Å². The molecule has 0 amide bonds. The molecule has 0 atom stereocenters. The lowest BCUT2D eigenvalue weighted by molar-refractivity contribution is 0.0751. The molecule has 1 spiro atoms. The van der Waals surface area contributed by atoms with E-state index in [1.165, 1.54) is 77.5 Å². The van der Waals surface area contributed by atoms with Gasteiger partial charge >= 0.3 is 0 Å². The van der Waals surface area contributed by atoms with Crippen molar-refractivity contribution in [2.75, 3.05) is 39.9 Å². The van der Waals surface area contributed by atoms with E-state index in [2.05, 4.69) is 10.2 Å². The van der Waals surface area contributed by atoms with Crippen LogP contribution < -0.4 is 5.32 Å². The molecule has 0 radical (unpaired) electrons. The summed E-state index contributed by atoms with van der Waals surface area (Å²) in [5, 5.41) is 3.85. The second kappa shape index (κ2) is 5.71. The Morgan fingerprint density at radius 2 is 1.89 bits per heavy atom. The van der Waals surface area contributed by atoms with Gasteiger partial charge in [0.25, 0.3) is 0 Å². The first kappa shape index (κ1) is 13.8. The molecule has 3 fully saturated rings. The van der Waals surface area contributed by atoms with Crippen LogP contribution in [0.1, 0.15) is 51.4 Å². The molecule has 0 aromatic rings. The van der Waals surface area contributed by atoms with Crippen molar-refractivity contribution in [3.05, 3.63) is 0 Å². The van der Waals surface area contributed by atoms with Crippen LogP contribution in [0.15, 0.2) is 0 Å². The van der Waals surface area contributed by atoms with Gasteiger partial charge in [-0.15, -0.1) is 0 Å². The van der Waals surface area contributed by atoms with Gasteiger partial charge < -0.3 is 10.1 Å². The SMILES string of the molecule is COCCC1(CN2CCNC3(CCCCC3)C2)CC1. The summed E-state index contributed by atoms with van der Waals surface area (Å²) in [6, 6.07) is 0. The second-order valence-electron chi connectivity index (χ2n) is 7.22. The molecule has 2 saturated carbocycles. The van der Waals surface area contributed by atoms with Crippen molar-refractivity contribution in [3.8, 4) is 0 Å². The van der Waals surface area contributed by atoms with Gasteiger partial charge in [0, 0.05) is 45.4 Å². The number of ether oxygens (including phenoxy) is 1. The van der Waals surface area contributed by atoms with E-state index < -0.39 is 0 Å². The van der Waals surface area contributed by atoms with Gasteiger partial charge in [-0.05, 0) is 37.5 Å². The lowest BCUT2D eigenvalue weighted by Crippen LogP contribution is -2.61. The molecule has 1 N–H and O–H groups in total. The molecule has 0 aromatic heterocycles. The number of hydrogen-bond acceptors (Lipinski definition) is 3. The van der Waals surface area contributed by atoms with Crippen LogP contribution in [0.5, 0.6) is 0 Å². The maximum absolute atomic E-state index is 5.29. The fourth-order valence-electron chi connectivity index (χ4n) is 4.20. The Hall–Kier alpha value is -0.120. The maximum Gasteiger partial charge on any atom is 0.0468 e. The summed E-state index contributed by atoms with van der Waals surface area (Å²) in [6.45, 7) is 6.00. The topological polar surface area (TPSA) is 24.5 Å². The van der Waals surface area contributed by atoms with Gasteiger partial charge in [0.1, 0.15) is 0 Å².